The van der Waals surface area contributed by atoms with Crippen LogP contribution in [-0.4, -0.2) is 36.1 Å². The van der Waals surface area contributed by atoms with Crippen LogP contribution in [0.5, 0.6) is 0 Å². The van der Waals surface area contributed by atoms with Crippen LogP contribution >= 0.6 is 0 Å². The first-order valence-corrected chi connectivity index (χ1v) is 8.68. The van der Waals surface area contributed by atoms with Crippen molar-refractivity contribution in [1.82, 2.24) is 4.90 Å². The zero-order valence-corrected chi connectivity index (χ0v) is 14.2. The van der Waals surface area contributed by atoms with Crippen molar-refractivity contribution in [2.45, 2.75) is 25.4 Å². The van der Waals surface area contributed by atoms with Crippen LogP contribution in [0.15, 0.2) is 48.5 Å². The molecule has 0 unspecified atom stereocenters. The molecule has 0 aliphatic carbocycles. The fourth-order valence-electron chi connectivity index (χ4n) is 3.55. The lowest BCUT2D eigenvalue weighted by Crippen LogP contribution is -2.42. The summed E-state index contributed by atoms with van der Waals surface area (Å²) in [5, 5.41) is 0. The third-order valence-corrected chi connectivity index (χ3v) is 4.91. The molecule has 26 heavy (non-hydrogen) atoms. The third kappa shape index (κ3) is 3.14. The van der Waals surface area contributed by atoms with Gasteiger partial charge in [-0.1, -0.05) is 36.4 Å². The zero-order chi connectivity index (χ0) is 18.1. The van der Waals surface area contributed by atoms with Gasteiger partial charge in [-0.25, -0.2) is 9.18 Å². The summed E-state index contributed by atoms with van der Waals surface area (Å²) < 4.78 is 19.0. The average molecular weight is 354 g/mol. The highest BCUT2D eigenvalue weighted by molar-refractivity contribution is 5.91. The van der Waals surface area contributed by atoms with E-state index in [2.05, 4.69) is 0 Å². The molecule has 2 aliphatic heterocycles. The second kappa shape index (κ2) is 6.78. The molecule has 134 valence electrons. The van der Waals surface area contributed by atoms with Gasteiger partial charge in [-0.05, 0) is 29.7 Å². The lowest BCUT2D eigenvalue weighted by molar-refractivity contribution is -0.131. The first kappa shape index (κ1) is 16.6. The molecule has 0 bridgehead atoms. The van der Waals surface area contributed by atoms with E-state index < -0.39 is 11.9 Å². The van der Waals surface area contributed by atoms with Crippen LogP contribution in [0.3, 0.4) is 0 Å². The van der Waals surface area contributed by atoms with Crippen molar-refractivity contribution in [3.8, 4) is 0 Å². The number of hydrogen-bond acceptors (Lipinski definition) is 3. The van der Waals surface area contributed by atoms with E-state index in [1.54, 1.807) is 11.0 Å². The number of carbonyl (C=O) groups excluding carboxylic acids is 2. The van der Waals surface area contributed by atoms with Crippen LogP contribution in [-0.2, 0) is 22.5 Å². The largest absolute Gasteiger partial charge is 0.447 e. The highest BCUT2D eigenvalue weighted by Crippen LogP contribution is 2.32. The molecule has 2 aliphatic rings. The minimum absolute atomic E-state index is 0.0187. The number of halogens is 1. The Morgan fingerprint density at radius 2 is 2.00 bits per heavy atom. The highest BCUT2D eigenvalue weighted by atomic mass is 19.1. The SMILES string of the molecule is O=C(Cc1ccccc1)N1CC[C@H]2COC(=O)N2c2cc(F)ccc2C1. The molecule has 0 saturated carbocycles. The number of ether oxygens (including phenoxy) is 1. The smallest absolute Gasteiger partial charge is 0.414 e. The molecule has 2 aromatic rings. The van der Waals surface area contributed by atoms with Crippen LogP contribution < -0.4 is 4.90 Å². The van der Waals surface area contributed by atoms with Gasteiger partial charge in [0.2, 0.25) is 5.91 Å². The standard InChI is InChI=1S/C20H19FN2O3/c21-16-7-6-15-12-22(19(24)10-14-4-2-1-3-5-14)9-8-17-13-26-20(25)23(17)18(15)11-16/h1-7,11,17H,8-10,12-13H2/t17-/m0/s1. The summed E-state index contributed by atoms with van der Waals surface area (Å²) in [5.74, 6) is -0.393. The molecular weight excluding hydrogens is 335 g/mol. The van der Waals surface area contributed by atoms with Crippen molar-refractivity contribution < 1.29 is 18.7 Å². The number of benzene rings is 2. The van der Waals surface area contributed by atoms with Crippen LogP contribution in [0.2, 0.25) is 0 Å². The van der Waals surface area contributed by atoms with Crippen molar-refractivity contribution in [3.63, 3.8) is 0 Å². The van der Waals surface area contributed by atoms with Crippen molar-refractivity contribution in [3.05, 3.63) is 65.5 Å². The van der Waals surface area contributed by atoms with Crippen molar-refractivity contribution in [1.29, 1.82) is 0 Å². The van der Waals surface area contributed by atoms with Crippen LogP contribution in [0.1, 0.15) is 17.5 Å². The lowest BCUT2D eigenvalue weighted by atomic mass is 10.0. The van der Waals surface area contributed by atoms with Gasteiger partial charge in [-0.3, -0.25) is 9.69 Å². The van der Waals surface area contributed by atoms with Crippen LogP contribution in [0.25, 0.3) is 0 Å². The van der Waals surface area contributed by atoms with E-state index >= 15 is 0 Å². The Kier molecular flexibility index (Phi) is 4.32. The number of amides is 2. The molecule has 5 nitrogen and oxygen atoms in total. The number of fused-ring (bicyclic) bond motifs is 3. The molecule has 4 rings (SSSR count). The minimum atomic E-state index is -0.453. The number of cyclic esters (lactones) is 1. The van der Waals surface area contributed by atoms with E-state index in [9.17, 15) is 14.0 Å². The monoisotopic (exact) mass is 354 g/mol. The Morgan fingerprint density at radius 3 is 2.81 bits per heavy atom. The summed E-state index contributed by atoms with van der Waals surface area (Å²) in [7, 11) is 0. The van der Waals surface area contributed by atoms with Crippen LogP contribution in [0.4, 0.5) is 14.9 Å². The van der Waals surface area contributed by atoms with E-state index in [4.69, 9.17) is 4.74 Å². The van der Waals surface area contributed by atoms with E-state index in [1.807, 2.05) is 30.3 Å². The van der Waals surface area contributed by atoms with Gasteiger partial charge in [0.25, 0.3) is 0 Å². The first-order chi connectivity index (χ1) is 12.6. The molecule has 0 radical (unpaired) electrons. The van der Waals surface area contributed by atoms with Gasteiger partial charge in [0.1, 0.15) is 12.4 Å². The summed E-state index contributed by atoms with van der Waals surface area (Å²) in [6, 6.07) is 13.8. The molecule has 6 heteroatoms. The van der Waals surface area contributed by atoms with Gasteiger partial charge in [0, 0.05) is 13.1 Å². The maximum atomic E-state index is 13.8. The Balaban J connectivity index is 1.63. The van der Waals surface area contributed by atoms with E-state index in [0.29, 0.717) is 31.6 Å². The van der Waals surface area contributed by atoms with Gasteiger partial charge in [0.15, 0.2) is 0 Å². The van der Waals surface area contributed by atoms with Gasteiger partial charge in [-0.15, -0.1) is 0 Å². The minimum Gasteiger partial charge on any atom is -0.447 e. The summed E-state index contributed by atoms with van der Waals surface area (Å²) in [4.78, 5) is 28.2. The summed E-state index contributed by atoms with van der Waals surface area (Å²) >= 11 is 0. The number of anilines is 1. The van der Waals surface area contributed by atoms with E-state index in [1.165, 1.54) is 17.0 Å². The molecule has 1 atom stereocenters. The highest BCUT2D eigenvalue weighted by Gasteiger charge is 2.37. The molecule has 0 N–H and O–H groups in total. The van der Waals surface area contributed by atoms with Gasteiger partial charge in [-0.2, -0.15) is 0 Å². The number of rotatable bonds is 2. The van der Waals surface area contributed by atoms with Crippen molar-refractivity contribution >= 4 is 17.7 Å². The van der Waals surface area contributed by atoms with E-state index in [0.717, 1.165) is 11.1 Å². The zero-order valence-electron chi connectivity index (χ0n) is 14.2. The molecule has 2 aromatic carbocycles. The Labute approximate surface area is 151 Å². The maximum Gasteiger partial charge on any atom is 0.414 e. The Hall–Kier alpha value is -2.89. The first-order valence-electron chi connectivity index (χ1n) is 8.68. The molecular formula is C20H19FN2O3. The number of hydrogen-bond donors (Lipinski definition) is 0. The number of carbonyl (C=O) groups is 2. The van der Waals surface area contributed by atoms with Crippen molar-refractivity contribution in [2.75, 3.05) is 18.1 Å². The lowest BCUT2D eigenvalue weighted by Gasteiger charge is -2.32. The summed E-state index contributed by atoms with van der Waals surface area (Å²) in [6.07, 6.45) is 0.467. The van der Waals surface area contributed by atoms with Gasteiger partial charge >= 0.3 is 6.09 Å². The molecule has 0 spiro atoms. The quantitative estimate of drug-likeness (QED) is 0.833. The van der Waals surface area contributed by atoms with E-state index in [-0.39, 0.29) is 18.6 Å². The number of nitrogens with zero attached hydrogens (tertiary/aromatic N) is 2. The fraction of sp³-hybridized carbons (Fsp3) is 0.300. The Bertz CT molecular complexity index is 840. The second-order valence-electron chi connectivity index (χ2n) is 6.64. The normalized spacial score (nSPS) is 19.3. The third-order valence-electron chi connectivity index (χ3n) is 4.91. The van der Waals surface area contributed by atoms with Gasteiger partial charge in [0.05, 0.1) is 18.2 Å². The molecule has 2 heterocycles. The second-order valence-corrected chi connectivity index (χ2v) is 6.64. The van der Waals surface area contributed by atoms with Crippen LogP contribution in [0, 0.1) is 5.82 Å². The summed E-state index contributed by atoms with van der Waals surface area (Å²) in [6.45, 7) is 1.13. The molecule has 1 fully saturated rings. The molecule has 1 saturated heterocycles. The predicted molar refractivity (Wildman–Crippen MR) is 94.2 cm³/mol. The van der Waals surface area contributed by atoms with Crippen molar-refractivity contribution in [2.24, 2.45) is 0 Å². The molecule has 2 amide bonds. The van der Waals surface area contributed by atoms with Gasteiger partial charge < -0.3 is 9.64 Å². The average Bonchev–Trinajstić information content (AvgIpc) is 2.98. The fourth-order valence-corrected chi connectivity index (χ4v) is 3.55. The predicted octanol–water partition coefficient (Wildman–Crippen LogP) is 3.13. The summed E-state index contributed by atoms with van der Waals surface area (Å²) in [5.41, 5.74) is 2.20. The topological polar surface area (TPSA) is 49.9 Å². The molecule has 0 aromatic heterocycles. The maximum absolute atomic E-state index is 13.8. The Morgan fingerprint density at radius 1 is 1.19 bits per heavy atom.